The van der Waals surface area contributed by atoms with Crippen LogP contribution in [0.2, 0.25) is 0 Å². The predicted molar refractivity (Wildman–Crippen MR) is 55.7 cm³/mol. The highest BCUT2D eigenvalue weighted by atomic mass is 32.2. The molecule has 0 bridgehead atoms. The molecule has 5 heteroatoms. The van der Waals surface area contributed by atoms with Crippen molar-refractivity contribution in [2.45, 2.75) is 18.0 Å². The van der Waals surface area contributed by atoms with E-state index in [1.165, 1.54) is 4.31 Å². The topological polar surface area (TPSA) is 46.6 Å². The summed E-state index contributed by atoms with van der Waals surface area (Å²) in [5, 5.41) is 0. The van der Waals surface area contributed by atoms with Crippen molar-refractivity contribution < 1.29 is 13.2 Å². The van der Waals surface area contributed by atoms with Crippen molar-refractivity contribution in [3.8, 4) is 0 Å². The van der Waals surface area contributed by atoms with Gasteiger partial charge in [-0.2, -0.15) is 4.31 Å². The first kappa shape index (κ1) is 10.6. The van der Waals surface area contributed by atoms with Gasteiger partial charge < -0.3 is 4.74 Å². The van der Waals surface area contributed by atoms with Gasteiger partial charge in [-0.1, -0.05) is 18.2 Å². The summed E-state index contributed by atoms with van der Waals surface area (Å²) in [5.41, 5.74) is 0. The molecule has 4 nitrogen and oxygen atoms in total. The minimum atomic E-state index is -3.38. The largest absolute Gasteiger partial charge is 0.361 e. The van der Waals surface area contributed by atoms with E-state index in [-0.39, 0.29) is 6.23 Å². The fourth-order valence-electron chi connectivity index (χ4n) is 1.62. The Labute approximate surface area is 89.5 Å². The Balaban J connectivity index is 2.35. The zero-order chi connectivity index (χ0) is 10.9. The Morgan fingerprint density at radius 2 is 2.00 bits per heavy atom. The van der Waals surface area contributed by atoms with Crippen LogP contribution in [0.5, 0.6) is 0 Å². The average Bonchev–Trinajstić information content (AvgIpc) is 2.66. The van der Waals surface area contributed by atoms with Gasteiger partial charge in [0.1, 0.15) is 6.23 Å². The highest BCUT2D eigenvalue weighted by Crippen LogP contribution is 2.21. The summed E-state index contributed by atoms with van der Waals surface area (Å²) in [5.74, 6) is 0. The predicted octanol–water partition coefficient (Wildman–Crippen LogP) is 1.05. The van der Waals surface area contributed by atoms with Crippen LogP contribution in [-0.4, -0.2) is 32.1 Å². The molecule has 1 saturated heterocycles. The van der Waals surface area contributed by atoms with Gasteiger partial charge in [0.05, 0.1) is 11.5 Å². The Morgan fingerprint density at radius 3 is 2.53 bits per heavy atom. The van der Waals surface area contributed by atoms with E-state index >= 15 is 0 Å². The van der Waals surface area contributed by atoms with Crippen molar-refractivity contribution in [3.05, 3.63) is 30.3 Å². The van der Waals surface area contributed by atoms with Gasteiger partial charge in [0.2, 0.25) is 10.0 Å². The minimum absolute atomic E-state index is 0.322. The third-order valence-electron chi connectivity index (χ3n) is 2.43. The number of ether oxygens (including phenoxy) is 1. The first-order valence-electron chi connectivity index (χ1n) is 4.81. The van der Waals surface area contributed by atoms with Gasteiger partial charge in [0.25, 0.3) is 0 Å². The van der Waals surface area contributed by atoms with Gasteiger partial charge in [0, 0.05) is 6.54 Å². The fraction of sp³-hybridized carbons (Fsp3) is 0.400. The van der Waals surface area contributed by atoms with E-state index in [1.807, 2.05) is 0 Å². The molecule has 0 aliphatic carbocycles. The van der Waals surface area contributed by atoms with Crippen LogP contribution in [0.1, 0.15) is 6.92 Å². The lowest BCUT2D eigenvalue weighted by Gasteiger charge is -2.19. The molecule has 0 radical (unpaired) electrons. The molecular formula is C10H13NO3S. The first-order chi connectivity index (χ1) is 7.12. The fourth-order valence-corrected chi connectivity index (χ4v) is 3.16. The van der Waals surface area contributed by atoms with Crippen LogP contribution >= 0.6 is 0 Å². The van der Waals surface area contributed by atoms with Crippen molar-refractivity contribution in [1.82, 2.24) is 4.31 Å². The van der Waals surface area contributed by atoms with E-state index in [4.69, 9.17) is 4.74 Å². The van der Waals surface area contributed by atoms with Gasteiger partial charge in [0.15, 0.2) is 0 Å². The Bertz CT molecular complexity index is 429. The molecule has 0 spiro atoms. The molecule has 1 unspecified atom stereocenters. The van der Waals surface area contributed by atoms with Crippen LogP contribution in [0.15, 0.2) is 35.2 Å². The molecule has 1 aliphatic heterocycles. The Kier molecular flexibility index (Phi) is 2.77. The van der Waals surface area contributed by atoms with Crippen LogP contribution in [0.25, 0.3) is 0 Å². The summed E-state index contributed by atoms with van der Waals surface area (Å²) in [6.45, 7) is 2.64. The molecule has 82 valence electrons. The van der Waals surface area contributed by atoms with Crippen LogP contribution in [0.3, 0.4) is 0 Å². The van der Waals surface area contributed by atoms with E-state index in [1.54, 1.807) is 37.3 Å². The van der Waals surface area contributed by atoms with Crippen LogP contribution < -0.4 is 0 Å². The quantitative estimate of drug-likeness (QED) is 0.758. The number of sulfonamides is 1. The summed E-state index contributed by atoms with van der Waals surface area (Å²) >= 11 is 0. The molecule has 1 fully saturated rings. The van der Waals surface area contributed by atoms with Gasteiger partial charge in [-0.25, -0.2) is 8.42 Å². The Hall–Kier alpha value is -0.910. The molecule has 15 heavy (non-hydrogen) atoms. The molecular weight excluding hydrogens is 214 g/mol. The van der Waals surface area contributed by atoms with Crippen molar-refractivity contribution in [2.24, 2.45) is 0 Å². The Morgan fingerprint density at radius 1 is 1.33 bits per heavy atom. The third kappa shape index (κ3) is 1.90. The lowest BCUT2D eigenvalue weighted by atomic mass is 10.4. The number of benzene rings is 1. The van der Waals surface area contributed by atoms with E-state index in [0.29, 0.717) is 18.0 Å². The molecule has 0 aromatic heterocycles. The number of nitrogens with zero attached hydrogens (tertiary/aromatic N) is 1. The molecule has 1 aromatic rings. The molecule has 2 rings (SSSR count). The van der Waals surface area contributed by atoms with Gasteiger partial charge in [-0.15, -0.1) is 0 Å². The van der Waals surface area contributed by atoms with Crippen molar-refractivity contribution in [1.29, 1.82) is 0 Å². The maximum atomic E-state index is 12.1. The van der Waals surface area contributed by atoms with Gasteiger partial charge in [-0.05, 0) is 19.1 Å². The zero-order valence-corrected chi connectivity index (χ0v) is 9.28. The monoisotopic (exact) mass is 227 g/mol. The summed E-state index contributed by atoms with van der Waals surface area (Å²) in [4.78, 5) is 0.322. The highest BCUT2D eigenvalue weighted by molar-refractivity contribution is 7.89. The zero-order valence-electron chi connectivity index (χ0n) is 8.46. The summed E-state index contributed by atoms with van der Waals surface area (Å²) in [6, 6.07) is 8.42. The molecule has 0 amide bonds. The number of rotatable bonds is 2. The van der Waals surface area contributed by atoms with E-state index < -0.39 is 10.0 Å². The smallest absolute Gasteiger partial charge is 0.245 e. The van der Waals surface area contributed by atoms with Crippen LogP contribution in [0, 0.1) is 0 Å². The van der Waals surface area contributed by atoms with Crippen LogP contribution in [0.4, 0.5) is 0 Å². The molecule has 0 saturated carbocycles. The van der Waals surface area contributed by atoms with Crippen LogP contribution in [-0.2, 0) is 14.8 Å². The molecule has 1 aromatic carbocycles. The normalized spacial score (nSPS) is 23.1. The first-order valence-corrected chi connectivity index (χ1v) is 6.25. The van der Waals surface area contributed by atoms with E-state index in [2.05, 4.69) is 0 Å². The molecule has 0 N–H and O–H groups in total. The van der Waals surface area contributed by atoms with Gasteiger partial charge >= 0.3 is 0 Å². The summed E-state index contributed by atoms with van der Waals surface area (Å²) < 4.78 is 30.8. The molecule has 1 aliphatic rings. The highest BCUT2D eigenvalue weighted by Gasteiger charge is 2.33. The standard InChI is InChI=1S/C10H13NO3S/c1-9-11(7-8-14-9)15(12,13)10-5-3-2-4-6-10/h2-6,9H,7-8H2,1H3. The third-order valence-corrected chi connectivity index (χ3v) is 4.39. The van der Waals surface area contributed by atoms with Gasteiger partial charge in [-0.3, -0.25) is 0 Å². The lowest BCUT2D eigenvalue weighted by Crippen LogP contribution is -2.34. The summed E-state index contributed by atoms with van der Waals surface area (Å²) in [7, 11) is -3.38. The minimum Gasteiger partial charge on any atom is -0.361 e. The molecule has 1 atom stereocenters. The van der Waals surface area contributed by atoms with Crippen molar-refractivity contribution >= 4 is 10.0 Å². The number of hydrogen-bond acceptors (Lipinski definition) is 3. The van der Waals surface area contributed by atoms with E-state index in [0.717, 1.165) is 0 Å². The van der Waals surface area contributed by atoms with Crippen molar-refractivity contribution in [3.63, 3.8) is 0 Å². The second-order valence-electron chi connectivity index (χ2n) is 3.40. The molecule has 1 heterocycles. The maximum absolute atomic E-state index is 12.1. The lowest BCUT2D eigenvalue weighted by molar-refractivity contribution is 0.0846. The second-order valence-corrected chi connectivity index (χ2v) is 5.29. The number of hydrogen-bond donors (Lipinski definition) is 0. The maximum Gasteiger partial charge on any atom is 0.245 e. The van der Waals surface area contributed by atoms with Crippen molar-refractivity contribution in [2.75, 3.05) is 13.2 Å². The SMILES string of the molecule is CC1OCCN1S(=O)(=O)c1ccccc1. The average molecular weight is 227 g/mol. The summed E-state index contributed by atoms with van der Waals surface area (Å²) in [6.07, 6.45) is -0.366. The second kappa shape index (κ2) is 3.92. The van der Waals surface area contributed by atoms with E-state index in [9.17, 15) is 8.42 Å².